The lowest BCUT2D eigenvalue weighted by molar-refractivity contribution is 0.443. The predicted octanol–water partition coefficient (Wildman–Crippen LogP) is 14.9. The standard InChI is InChI=1S/C51H51N/c1-51(2)48-21-13-12-20-45(48)47-34-46(42-24-22-39(23-25-42)36-14-6-3-7-15-36)50(35-49(47)51)52(43-30-26-40(27-31-43)37-16-8-4-9-17-37)44-32-28-41(29-33-44)38-18-10-5-11-19-38/h3,6-7,12-15,20-35,37-38H,4-5,8-11,16-19H2,1-2H3. The third kappa shape index (κ3) is 6.09. The van der Waals surface area contributed by atoms with E-state index in [1.54, 1.807) is 0 Å². The summed E-state index contributed by atoms with van der Waals surface area (Å²) < 4.78 is 0. The summed E-state index contributed by atoms with van der Waals surface area (Å²) in [6.07, 6.45) is 13.4. The minimum Gasteiger partial charge on any atom is -0.310 e. The average molecular weight is 678 g/mol. The average Bonchev–Trinajstić information content (AvgIpc) is 3.44. The molecular formula is C51H51N. The van der Waals surface area contributed by atoms with Crippen LogP contribution in [0.3, 0.4) is 0 Å². The maximum absolute atomic E-state index is 2.55. The van der Waals surface area contributed by atoms with E-state index in [1.165, 1.54) is 137 Å². The van der Waals surface area contributed by atoms with Gasteiger partial charge >= 0.3 is 0 Å². The lowest BCUT2D eigenvalue weighted by Crippen LogP contribution is -2.17. The summed E-state index contributed by atoms with van der Waals surface area (Å²) >= 11 is 0. The predicted molar refractivity (Wildman–Crippen MR) is 221 cm³/mol. The molecule has 1 nitrogen and oxygen atoms in total. The first-order chi connectivity index (χ1) is 25.5. The smallest absolute Gasteiger partial charge is 0.0543 e. The molecular weight excluding hydrogens is 627 g/mol. The van der Waals surface area contributed by atoms with Gasteiger partial charge in [0, 0.05) is 22.4 Å². The van der Waals surface area contributed by atoms with Crippen LogP contribution in [0.4, 0.5) is 17.1 Å². The van der Waals surface area contributed by atoms with Crippen molar-refractivity contribution in [2.24, 2.45) is 0 Å². The van der Waals surface area contributed by atoms with Gasteiger partial charge in [0.05, 0.1) is 5.69 Å². The van der Waals surface area contributed by atoms with E-state index in [9.17, 15) is 0 Å². The number of hydrogen-bond acceptors (Lipinski definition) is 1. The van der Waals surface area contributed by atoms with Crippen molar-refractivity contribution in [3.05, 3.63) is 162 Å². The van der Waals surface area contributed by atoms with Crippen LogP contribution in [0.5, 0.6) is 0 Å². The second-order valence-electron chi connectivity index (χ2n) is 16.2. The Kier molecular flexibility index (Phi) is 8.83. The van der Waals surface area contributed by atoms with E-state index in [1.807, 2.05) is 0 Å². The first-order valence-corrected chi connectivity index (χ1v) is 20.0. The maximum atomic E-state index is 2.55. The van der Waals surface area contributed by atoms with E-state index in [0.717, 1.165) is 0 Å². The lowest BCUT2D eigenvalue weighted by atomic mass is 9.81. The SMILES string of the molecule is CC1(C)c2ccccc2-c2cc(-c3ccc(-c4ccccc4)cc3)c(N(c3ccc(C4CCCCC4)cc3)c3ccc(C4CCCCC4)cc3)cc21. The molecule has 0 aromatic heterocycles. The fourth-order valence-corrected chi connectivity index (χ4v) is 9.72. The summed E-state index contributed by atoms with van der Waals surface area (Å²) in [7, 11) is 0. The Morgan fingerprint density at radius 3 is 1.50 bits per heavy atom. The van der Waals surface area contributed by atoms with Gasteiger partial charge in [-0.25, -0.2) is 0 Å². The largest absolute Gasteiger partial charge is 0.310 e. The van der Waals surface area contributed by atoms with Crippen LogP contribution in [0.2, 0.25) is 0 Å². The Morgan fingerprint density at radius 1 is 0.423 bits per heavy atom. The Morgan fingerprint density at radius 2 is 0.923 bits per heavy atom. The second-order valence-corrected chi connectivity index (χ2v) is 16.2. The Bertz CT molecular complexity index is 2080. The maximum Gasteiger partial charge on any atom is 0.0543 e. The molecule has 3 aliphatic carbocycles. The van der Waals surface area contributed by atoms with Gasteiger partial charge in [0.25, 0.3) is 0 Å². The highest BCUT2D eigenvalue weighted by Crippen LogP contribution is 2.53. The third-order valence-corrected chi connectivity index (χ3v) is 12.7. The summed E-state index contributed by atoms with van der Waals surface area (Å²) in [6.45, 7) is 4.80. The van der Waals surface area contributed by atoms with Gasteiger partial charge < -0.3 is 4.90 Å². The molecule has 6 aromatic rings. The van der Waals surface area contributed by atoms with E-state index in [4.69, 9.17) is 0 Å². The molecule has 52 heavy (non-hydrogen) atoms. The fourth-order valence-electron chi connectivity index (χ4n) is 9.72. The first kappa shape index (κ1) is 33.0. The minimum absolute atomic E-state index is 0.0995. The molecule has 0 spiro atoms. The molecule has 3 aliphatic rings. The van der Waals surface area contributed by atoms with Crippen LogP contribution in [-0.2, 0) is 5.41 Å². The van der Waals surface area contributed by atoms with E-state index in [0.29, 0.717) is 11.8 Å². The minimum atomic E-state index is -0.0995. The second kappa shape index (κ2) is 13.9. The highest BCUT2D eigenvalue weighted by atomic mass is 15.1. The normalized spacial score (nSPS) is 17.0. The van der Waals surface area contributed by atoms with Crippen molar-refractivity contribution in [1.29, 1.82) is 0 Å². The van der Waals surface area contributed by atoms with E-state index in [-0.39, 0.29) is 5.41 Å². The third-order valence-electron chi connectivity index (χ3n) is 12.7. The Hall–Kier alpha value is -4.88. The molecule has 2 saturated carbocycles. The molecule has 9 rings (SSSR count). The lowest BCUT2D eigenvalue weighted by Gasteiger charge is -2.31. The van der Waals surface area contributed by atoms with Crippen molar-refractivity contribution in [3.8, 4) is 33.4 Å². The van der Waals surface area contributed by atoms with Crippen LogP contribution in [0.15, 0.2) is 140 Å². The zero-order valence-electron chi connectivity index (χ0n) is 31.0. The zero-order valence-corrected chi connectivity index (χ0v) is 31.0. The molecule has 0 heterocycles. The Balaban J connectivity index is 1.22. The van der Waals surface area contributed by atoms with Gasteiger partial charge in [0.15, 0.2) is 0 Å². The molecule has 1 heteroatoms. The number of fused-ring (bicyclic) bond motifs is 3. The van der Waals surface area contributed by atoms with Gasteiger partial charge in [-0.15, -0.1) is 0 Å². The molecule has 0 radical (unpaired) electrons. The summed E-state index contributed by atoms with van der Waals surface area (Å²) in [6, 6.07) is 53.3. The van der Waals surface area contributed by atoms with Crippen molar-refractivity contribution in [1.82, 2.24) is 0 Å². The van der Waals surface area contributed by atoms with Crippen LogP contribution in [0.25, 0.3) is 33.4 Å². The van der Waals surface area contributed by atoms with Crippen molar-refractivity contribution < 1.29 is 0 Å². The summed E-state index contributed by atoms with van der Waals surface area (Å²) in [5.41, 5.74) is 17.1. The molecule has 2 fully saturated rings. The highest BCUT2D eigenvalue weighted by molar-refractivity contribution is 5.95. The molecule has 260 valence electrons. The number of nitrogens with zero attached hydrogens (tertiary/aromatic N) is 1. The molecule has 0 bridgehead atoms. The summed E-state index contributed by atoms with van der Waals surface area (Å²) in [5, 5.41) is 0. The van der Waals surface area contributed by atoms with Crippen molar-refractivity contribution in [2.75, 3.05) is 4.90 Å². The summed E-state index contributed by atoms with van der Waals surface area (Å²) in [4.78, 5) is 2.55. The molecule has 0 aliphatic heterocycles. The van der Waals surface area contributed by atoms with Gasteiger partial charge in [-0.3, -0.25) is 0 Å². The molecule has 0 N–H and O–H groups in total. The van der Waals surface area contributed by atoms with E-state index in [2.05, 4.69) is 158 Å². The molecule has 0 saturated heterocycles. The molecule has 0 unspecified atom stereocenters. The number of rotatable bonds is 7. The van der Waals surface area contributed by atoms with Gasteiger partial charge in [0.1, 0.15) is 0 Å². The quantitative estimate of drug-likeness (QED) is 0.163. The van der Waals surface area contributed by atoms with Crippen LogP contribution in [0, 0.1) is 0 Å². The number of hydrogen-bond donors (Lipinski definition) is 0. The van der Waals surface area contributed by atoms with E-state index >= 15 is 0 Å². The number of anilines is 3. The van der Waals surface area contributed by atoms with Crippen LogP contribution in [0.1, 0.15) is 112 Å². The first-order valence-electron chi connectivity index (χ1n) is 20.0. The van der Waals surface area contributed by atoms with Gasteiger partial charge in [-0.05, 0) is 124 Å². The van der Waals surface area contributed by atoms with Crippen LogP contribution < -0.4 is 4.90 Å². The zero-order chi connectivity index (χ0) is 35.1. The highest BCUT2D eigenvalue weighted by Gasteiger charge is 2.37. The topological polar surface area (TPSA) is 3.24 Å². The molecule has 6 aromatic carbocycles. The summed E-state index contributed by atoms with van der Waals surface area (Å²) in [5.74, 6) is 1.37. The number of benzene rings is 6. The van der Waals surface area contributed by atoms with Crippen molar-refractivity contribution in [3.63, 3.8) is 0 Å². The molecule has 0 atom stereocenters. The van der Waals surface area contributed by atoms with Crippen molar-refractivity contribution >= 4 is 17.1 Å². The van der Waals surface area contributed by atoms with Gasteiger partial charge in [-0.2, -0.15) is 0 Å². The van der Waals surface area contributed by atoms with Gasteiger partial charge in [0.2, 0.25) is 0 Å². The Labute approximate surface area is 311 Å². The molecule has 0 amide bonds. The van der Waals surface area contributed by atoms with Gasteiger partial charge in [-0.1, -0.05) is 156 Å². The monoisotopic (exact) mass is 677 g/mol. The fraction of sp³-hybridized carbons (Fsp3) is 0.294. The van der Waals surface area contributed by atoms with Crippen molar-refractivity contribution in [2.45, 2.75) is 95.3 Å². The van der Waals surface area contributed by atoms with E-state index < -0.39 is 0 Å². The van der Waals surface area contributed by atoms with Crippen LogP contribution >= 0.6 is 0 Å². The van der Waals surface area contributed by atoms with Crippen LogP contribution in [-0.4, -0.2) is 0 Å².